The smallest absolute Gasteiger partial charge is 0.407 e. The number of likely N-dealkylation sites (tertiary alicyclic amines) is 1. The summed E-state index contributed by atoms with van der Waals surface area (Å²) in [5.41, 5.74) is 0.467. The molecule has 1 atom stereocenters. The Hall–Kier alpha value is -2.73. The molecule has 2 aliphatic heterocycles. The number of unbranched alkanes of at least 4 members (excludes halogenated alkanes) is 2. The highest BCUT2D eigenvalue weighted by Crippen LogP contribution is 2.24. The summed E-state index contributed by atoms with van der Waals surface area (Å²) in [5.74, 6) is -1.38. The molecule has 182 valence electrons. The van der Waals surface area contributed by atoms with Crippen molar-refractivity contribution in [3.63, 3.8) is 0 Å². The van der Waals surface area contributed by atoms with E-state index in [1.165, 1.54) is 21.9 Å². The van der Waals surface area contributed by atoms with Crippen molar-refractivity contribution in [1.29, 1.82) is 0 Å². The Morgan fingerprint density at radius 1 is 1.21 bits per heavy atom. The topological polar surface area (TPSA) is 125 Å². The average molecular weight is 485 g/mol. The number of nitrogens with one attached hydrogen (secondary N) is 2. The van der Waals surface area contributed by atoms with E-state index >= 15 is 0 Å². The predicted molar refractivity (Wildman–Crippen MR) is 118 cm³/mol. The summed E-state index contributed by atoms with van der Waals surface area (Å²) in [6.07, 6.45) is 2.67. The molecule has 2 heterocycles. The number of benzene rings is 1. The maximum Gasteiger partial charge on any atom is 0.415 e. The van der Waals surface area contributed by atoms with Gasteiger partial charge in [0.05, 0.1) is 5.75 Å². The molecular formula is C21H29FN4O6S. The van der Waals surface area contributed by atoms with Gasteiger partial charge in [-0.3, -0.25) is 10.1 Å². The van der Waals surface area contributed by atoms with Crippen LogP contribution in [0.25, 0.3) is 0 Å². The van der Waals surface area contributed by atoms with Crippen LogP contribution in [0, 0.1) is 5.82 Å². The van der Waals surface area contributed by atoms with E-state index in [0.717, 1.165) is 18.9 Å². The lowest BCUT2D eigenvalue weighted by molar-refractivity contribution is -0.118. The molecule has 33 heavy (non-hydrogen) atoms. The molecule has 3 rings (SSSR count). The Bertz CT molecular complexity index is 996. The molecule has 2 fully saturated rings. The number of halogens is 1. The van der Waals surface area contributed by atoms with Crippen LogP contribution in [-0.4, -0.2) is 68.2 Å². The minimum atomic E-state index is -3.61. The van der Waals surface area contributed by atoms with Crippen LogP contribution >= 0.6 is 0 Å². The Balaban J connectivity index is 1.46. The monoisotopic (exact) mass is 484 g/mol. The fraction of sp³-hybridized carbons (Fsp3) is 0.571. The average Bonchev–Trinajstić information content (AvgIpc) is 3.38. The predicted octanol–water partition coefficient (Wildman–Crippen LogP) is 2.12. The first kappa shape index (κ1) is 24.9. The molecule has 0 saturated carbocycles. The van der Waals surface area contributed by atoms with Crippen molar-refractivity contribution in [2.45, 2.75) is 45.1 Å². The minimum absolute atomic E-state index is 0.0310. The molecule has 0 unspecified atom stereocenters. The lowest BCUT2D eigenvalue weighted by Crippen LogP contribution is -2.31. The van der Waals surface area contributed by atoms with Gasteiger partial charge in [-0.15, -0.1) is 0 Å². The summed E-state index contributed by atoms with van der Waals surface area (Å²) >= 11 is 0. The molecule has 2 aliphatic rings. The van der Waals surface area contributed by atoms with Crippen molar-refractivity contribution in [2.75, 3.05) is 31.9 Å². The van der Waals surface area contributed by atoms with Gasteiger partial charge in [0.25, 0.3) is 0 Å². The minimum Gasteiger partial charge on any atom is -0.407 e. The second-order valence-electron chi connectivity index (χ2n) is 8.25. The van der Waals surface area contributed by atoms with Crippen molar-refractivity contribution in [1.82, 2.24) is 19.8 Å². The summed E-state index contributed by atoms with van der Waals surface area (Å²) in [4.78, 5) is 37.7. The van der Waals surface area contributed by atoms with Gasteiger partial charge < -0.3 is 14.5 Å². The van der Waals surface area contributed by atoms with E-state index in [0.29, 0.717) is 44.5 Å². The van der Waals surface area contributed by atoms with Gasteiger partial charge in [0.2, 0.25) is 15.9 Å². The van der Waals surface area contributed by atoms with Gasteiger partial charge in [-0.05, 0) is 50.3 Å². The van der Waals surface area contributed by atoms with E-state index in [4.69, 9.17) is 4.74 Å². The fourth-order valence-corrected chi connectivity index (χ4v) is 5.13. The first-order valence-corrected chi connectivity index (χ1v) is 12.6. The summed E-state index contributed by atoms with van der Waals surface area (Å²) in [7, 11) is -3.61. The highest BCUT2D eigenvalue weighted by molar-refractivity contribution is 7.89. The number of hydrogen-bond donors (Lipinski definition) is 2. The van der Waals surface area contributed by atoms with Crippen molar-refractivity contribution in [3.8, 4) is 5.75 Å². The highest BCUT2D eigenvalue weighted by atomic mass is 32.2. The second-order valence-corrected chi connectivity index (χ2v) is 10.1. The number of amides is 4. The van der Waals surface area contributed by atoms with Gasteiger partial charge in [-0.25, -0.2) is 27.1 Å². The molecule has 0 radical (unpaired) electrons. The van der Waals surface area contributed by atoms with Crippen LogP contribution in [0.1, 0.15) is 50.6 Å². The van der Waals surface area contributed by atoms with E-state index in [1.807, 2.05) is 0 Å². The van der Waals surface area contributed by atoms with Crippen LogP contribution in [0.2, 0.25) is 0 Å². The Kier molecular flexibility index (Phi) is 8.25. The number of imide groups is 1. The number of hydrogen-bond acceptors (Lipinski definition) is 6. The van der Waals surface area contributed by atoms with Crippen LogP contribution in [0.15, 0.2) is 18.2 Å². The van der Waals surface area contributed by atoms with Crippen LogP contribution in [0.5, 0.6) is 5.75 Å². The Morgan fingerprint density at radius 2 is 1.94 bits per heavy atom. The third-order valence-electron chi connectivity index (χ3n) is 5.58. The molecule has 0 aromatic heterocycles. The third-order valence-corrected chi connectivity index (χ3v) is 7.12. The van der Waals surface area contributed by atoms with E-state index in [9.17, 15) is 27.2 Å². The molecule has 1 aromatic carbocycles. The van der Waals surface area contributed by atoms with Gasteiger partial charge in [-0.2, -0.15) is 0 Å². The van der Waals surface area contributed by atoms with E-state index in [-0.39, 0.29) is 24.0 Å². The largest absolute Gasteiger partial charge is 0.415 e. The molecule has 0 spiro atoms. The zero-order valence-corrected chi connectivity index (χ0v) is 19.3. The number of rotatable bonds is 10. The lowest BCUT2D eigenvalue weighted by Gasteiger charge is -2.18. The zero-order valence-electron chi connectivity index (χ0n) is 18.5. The second kappa shape index (κ2) is 10.9. The standard InChI is InChI=1S/C21H29FN4O6S/c1-15(16-7-8-17(22)18(13-16)32-21(29)25-9-4-5-10-25)24-33(30,31)12-6-2-3-11-26-14-19(27)23-20(26)28/h7-8,13,15,24H,2-6,9-12,14H2,1H3,(H,23,27,28)/t15-/m1/s1. The summed E-state index contributed by atoms with van der Waals surface area (Å²) in [5, 5.41) is 2.19. The quantitative estimate of drug-likeness (QED) is 0.387. The Morgan fingerprint density at radius 3 is 2.61 bits per heavy atom. The van der Waals surface area contributed by atoms with Gasteiger partial charge in [0.1, 0.15) is 6.54 Å². The number of nitrogens with zero attached hydrogens (tertiary/aromatic N) is 2. The number of carbonyl (C=O) groups excluding carboxylic acids is 3. The molecule has 0 aliphatic carbocycles. The van der Waals surface area contributed by atoms with Gasteiger partial charge in [0.15, 0.2) is 11.6 Å². The fourth-order valence-electron chi connectivity index (χ4n) is 3.76. The summed E-state index contributed by atoms with van der Waals surface area (Å²) in [6, 6.07) is 2.84. The van der Waals surface area contributed by atoms with Crippen LogP contribution in [-0.2, 0) is 14.8 Å². The van der Waals surface area contributed by atoms with Gasteiger partial charge in [0, 0.05) is 25.7 Å². The first-order valence-electron chi connectivity index (χ1n) is 11.0. The third kappa shape index (κ3) is 7.13. The zero-order chi connectivity index (χ0) is 24.0. The summed E-state index contributed by atoms with van der Waals surface area (Å²) < 4.78 is 46.7. The van der Waals surface area contributed by atoms with Crippen molar-refractivity contribution in [2.24, 2.45) is 0 Å². The van der Waals surface area contributed by atoms with Crippen molar-refractivity contribution in [3.05, 3.63) is 29.6 Å². The molecular weight excluding hydrogens is 455 g/mol. The number of carbonyl (C=O) groups is 3. The molecule has 2 saturated heterocycles. The van der Waals surface area contributed by atoms with E-state index in [1.54, 1.807) is 6.92 Å². The molecule has 12 heteroatoms. The Labute approximate surface area is 192 Å². The maximum atomic E-state index is 14.1. The maximum absolute atomic E-state index is 14.1. The highest BCUT2D eigenvalue weighted by Gasteiger charge is 2.26. The van der Waals surface area contributed by atoms with Crippen LogP contribution in [0.3, 0.4) is 0 Å². The van der Waals surface area contributed by atoms with Crippen molar-refractivity contribution >= 4 is 28.1 Å². The number of urea groups is 1. The van der Waals surface area contributed by atoms with Gasteiger partial charge in [-0.1, -0.05) is 12.5 Å². The molecule has 1 aromatic rings. The van der Waals surface area contributed by atoms with Gasteiger partial charge >= 0.3 is 12.1 Å². The molecule has 0 bridgehead atoms. The number of sulfonamides is 1. The van der Waals surface area contributed by atoms with Crippen LogP contribution in [0.4, 0.5) is 14.0 Å². The SMILES string of the molecule is C[C@@H](NS(=O)(=O)CCCCCN1CC(=O)NC1=O)c1ccc(F)c(OC(=O)N2CCCC2)c1. The van der Waals surface area contributed by atoms with Crippen LogP contribution < -0.4 is 14.8 Å². The van der Waals surface area contributed by atoms with E-state index in [2.05, 4.69) is 10.0 Å². The number of ether oxygens (including phenoxy) is 1. The molecule has 10 nitrogen and oxygen atoms in total. The van der Waals surface area contributed by atoms with E-state index < -0.39 is 34.0 Å². The summed E-state index contributed by atoms with van der Waals surface area (Å²) in [6.45, 7) is 3.18. The normalized spacial score (nSPS) is 17.4. The molecule has 4 amide bonds. The lowest BCUT2D eigenvalue weighted by atomic mass is 10.1. The molecule has 2 N–H and O–H groups in total. The van der Waals surface area contributed by atoms with Crippen molar-refractivity contribution < 1.29 is 31.9 Å². The first-order chi connectivity index (χ1) is 15.6.